The summed E-state index contributed by atoms with van der Waals surface area (Å²) in [4.78, 5) is 21.6. The fourth-order valence-corrected chi connectivity index (χ4v) is 1.81. The van der Waals surface area contributed by atoms with Gasteiger partial charge in [-0.2, -0.15) is 0 Å². The van der Waals surface area contributed by atoms with Crippen molar-refractivity contribution in [2.75, 3.05) is 13.2 Å². The van der Waals surface area contributed by atoms with E-state index < -0.39 is 24.1 Å². The van der Waals surface area contributed by atoms with Gasteiger partial charge < -0.3 is 19.3 Å². The minimum absolute atomic E-state index is 0.0637. The first kappa shape index (κ1) is 13.9. The summed E-state index contributed by atoms with van der Waals surface area (Å²) in [5, 5.41) is 9.67. The number of aliphatic hydroxyl groups excluding tert-OH is 1. The van der Waals surface area contributed by atoms with E-state index in [-0.39, 0.29) is 25.2 Å². The van der Waals surface area contributed by atoms with Crippen LogP contribution in [-0.2, 0) is 23.8 Å². The molecular formula is C11H18O6. The van der Waals surface area contributed by atoms with E-state index in [9.17, 15) is 14.7 Å². The molecule has 0 aromatic heterocycles. The maximum Gasteiger partial charge on any atom is 0.303 e. The lowest BCUT2D eigenvalue weighted by Gasteiger charge is -2.38. The average molecular weight is 246 g/mol. The van der Waals surface area contributed by atoms with Crippen molar-refractivity contribution >= 4 is 11.9 Å². The molecule has 1 rings (SSSR count). The van der Waals surface area contributed by atoms with Crippen molar-refractivity contribution in [2.24, 2.45) is 5.92 Å². The Kier molecular flexibility index (Phi) is 4.89. The molecule has 0 unspecified atom stereocenters. The minimum Gasteiger partial charge on any atom is -0.463 e. The van der Waals surface area contributed by atoms with Gasteiger partial charge in [-0.3, -0.25) is 9.59 Å². The Morgan fingerprint density at radius 1 is 1.35 bits per heavy atom. The molecule has 0 aromatic rings. The number of rotatable bonds is 3. The normalized spacial score (nSPS) is 32.9. The molecule has 1 aliphatic heterocycles. The molecule has 6 nitrogen and oxygen atoms in total. The topological polar surface area (TPSA) is 82.1 Å². The molecule has 0 saturated carbocycles. The lowest BCUT2D eigenvalue weighted by atomic mass is 9.91. The second kappa shape index (κ2) is 5.97. The van der Waals surface area contributed by atoms with Crippen LogP contribution in [-0.4, -0.2) is 48.6 Å². The third kappa shape index (κ3) is 3.98. The van der Waals surface area contributed by atoms with Gasteiger partial charge in [-0.05, 0) is 0 Å². The van der Waals surface area contributed by atoms with Gasteiger partial charge in [0.25, 0.3) is 0 Å². The van der Waals surface area contributed by atoms with Crippen LogP contribution in [0.2, 0.25) is 0 Å². The molecule has 1 N–H and O–H groups in total. The summed E-state index contributed by atoms with van der Waals surface area (Å²) < 4.78 is 15.2. The number of ether oxygens (including phenoxy) is 3. The van der Waals surface area contributed by atoms with Crippen LogP contribution in [0.4, 0.5) is 0 Å². The highest BCUT2D eigenvalue weighted by molar-refractivity contribution is 5.66. The molecule has 0 spiro atoms. The Labute approximate surface area is 99.8 Å². The molecule has 1 fully saturated rings. The van der Waals surface area contributed by atoms with Crippen LogP contribution in [0.25, 0.3) is 0 Å². The molecule has 0 amide bonds. The van der Waals surface area contributed by atoms with Gasteiger partial charge in [0.05, 0.1) is 12.7 Å². The molecule has 17 heavy (non-hydrogen) atoms. The monoisotopic (exact) mass is 246 g/mol. The van der Waals surface area contributed by atoms with E-state index in [1.165, 1.54) is 13.8 Å². The van der Waals surface area contributed by atoms with E-state index in [4.69, 9.17) is 14.2 Å². The summed E-state index contributed by atoms with van der Waals surface area (Å²) in [6.45, 7) is 4.54. The van der Waals surface area contributed by atoms with Crippen LogP contribution in [0.5, 0.6) is 0 Å². The number of esters is 2. The maximum atomic E-state index is 10.9. The number of carbonyl (C=O) groups is 2. The second-order valence-electron chi connectivity index (χ2n) is 4.17. The van der Waals surface area contributed by atoms with Crippen LogP contribution in [0.15, 0.2) is 0 Å². The largest absolute Gasteiger partial charge is 0.463 e. The van der Waals surface area contributed by atoms with Crippen LogP contribution in [0.3, 0.4) is 0 Å². The van der Waals surface area contributed by atoms with Crippen molar-refractivity contribution in [3.8, 4) is 0 Å². The van der Waals surface area contributed by atoms with Gasteiger partial charge in [0.2, 0.25) is 0 Å². The van der Waals surface area contributed by atoms with Crippen molar-refractivity contribution in [3.05, 3.63) is 0 Å². The molecule has 6 heteroatoms. The molecule has 1 saturated heterocycles. The third-order valence-corrected chi connectivity index (χ3v) is 2.72. The fraction of sp³-hybridized carbons (Fsp3) is 0.818. The summed E-state index contributed by atoms with van der Waals surface area (Å²) in [5.74, 6) is -1.08. The first-order valence-corrected chi connectivity index (χ1v) is 5.52. The van der Waals surface area contributed by atoms with Gasteiger partial charge in [-0.25, -0.2) is 0 Å². The van der Waals surface area contributed by atoms with Crippen LogP contribution in [0, 0.1) is 5.92 Å². The lowest BCUT2D eigenvalue weighted by molar-refractivity contribution is -0.194. The molecular weight excluding hydrogens is 228 g/mol. The van der Waals surface area contributed by atoms with Crippen molar-refractivity contribution in [2.45, 2.75) is 39.1 Å². The summed E-state index contributed by atoms with van der Waals surface area (Å²) in [7, 11) is 0. The maximum absolute atomic E-state index is 10.9. The van der Waals surface area contributed by atoms with E-state index in [0.717, 1.165) is 0 Å². The smallest absolute Gasteiger partial charge is 0.303 e. The predicted molar refractivity (Wildman–Crippen MR) is 57.1 cm³/mol. The quantitative estimate of drug-likeness (QED) is 0.699. The summed E-state index contributed by atoms with van der Waals surface area (Å²) in [6.07, 6.45) is -1.84. The fourth-order valence-electron chi connectivity index (χ4n) is 1.81. The van der Waals surface area contributed by atoms with Crippen LogP contribution >= 0.6 is 0 Å². The minimum atomic E-state index is -0.845. The Morgan fingerprint density at radius 3 is 2.53 bits per heavy atom. The van der Waals surface area contributed by atoms with Gasteiger partial charge in [-0.15, -0.1) is 0 Å². The van der Waals surface area contributed by atoms with E-state index in [1.54, 1.807) is 6.92 Å². The molecule has 1 aliphatic rings. The number of carbonyl (C=O) groups excluding carboxylic acids is 2. The SMILES string of the molecule is CC(=O)OC[C@H]1OC[C@@H](O)[C@@H](OC(C)=O)[C@@H]1C. The van der Waals surface area contributed by atoms with Gasteiger partial charge in [0.15, 0.2) is 0 Å². The van der Waals surface area contributed by atoms with Crippen molar-refractivity contribution < 1.29 is 28.9 Å². The first-order chi connectivity index (χ1) is 7.91. The highest BCUT2D eigenvalue weighted by atomic mass is 16.6. The van der Waals surface area contributed by atoms with Crippen molar-refractivity contribution in [1.82, 2.24) is 0 Å². The Bertz CT molecular complexity index is 290. The van der Waals surface area contributed by atoms with Crippen LogP contribution in [0.1, 0.15) is 20.8 Å². The highest BCUT2D eigenvalue weighted by Gasteiger charge is 2.39. The van der Waals surface area contributed by atoms with E-state index in [2.05, 4.69) is 0 Å². The lowest BCUT2D eigenvalue weighted by Crippen LogP contribution is -2.51. The number of aliphatic hydroxyl groups is 1. The number of hydrogen-bond donors (Lipinski definition) is 1. The highest BCUT2D eigenvalue weighted by Crippen LogP contribution is 2.24. The zero-order chi connectivity index (χ0) is 13.0. The van der Waals surface area contributed by atoms with Crippen molar-refractivity contribution in [1.29, 1.82) is 0 Å². The van der Waals surface area contributed by atoms with Gasteiger partial charge in [0.1, 0.15) is 18.8 Å². The Hall–Kier alpha value is -1.14. The first-order valence-electron chi connectivity index (χ1n) is 5.52. The predicted octanol–water partition coefficient (Wildman–Crippen LogP) is -0.123. The van der Waals surface area contributed by atoms with Crippen molar-refractivity contribution in [3.63, 3.8) is 0 Å². The molecule has 0 bridgehead atoms. The van der Waals surface area contributed by atoms with E-state index >= 15 is 0 Å². The zero-order valence-corrected chi connectivity index (χ0v) is 10.2. The Morgan fingerprint density at radius 2 is 2.00 bits per heavy atom. The third-order valence-electron chi connectivity index (χ3n) is 2.72. The summed E-state index contributed by atoms with van der Waals surface area (Å²) in [5.41, 5.74) is 0. The van der Waals surface area contributed by atoms with Gasteiger partial charge in [-0.1, -0.05) is 6.92 Å². The van der Waals surface area contributed by atoms with E-state index in [1.807, 2.05) is 0 Å². The summed E-state index contributed by atoms with van der Waals surface area (Å²) >= 11 is 0. The molecule has 0 aromatic carbocycles. The molecule has 98 valence electrons. The summed E-state index contributed by atoms with van der Waals surface area (Å²) in [6, 6.07) is 0. The molecule has 4 atom stereocenters. The molecule has 1 heterocycles. The van der Waals surface area contributed by atoms with Crippen LogP contribution < -0.4 is 0 Å². The second-order valence-corrected chi connectivity index (χ2v) is 4.17. The zero-order valence-electron chi connectivity index (χ0n) is 10.2. The van der Waals surface area contributed by atoms with Gasteiger partial charge in [0, 0.05) is 19.8 Å². The van der Waals surface area contributed by atoms with Gasteiger partial charge >= 0.3 is 11.9 Å². The standard InChI is InChI=1S/C11H18O6/c1-6-10(5-15-7(2)12)16-4-9(14)11(6)17-8(3)13/h6,9-11,14H,4-5H2,1-3H3/t6-,9-,10-,11+/m1/s1. The average Bonchev–Trinajstić information content (AvgIpc) is 2.22. The Balaban J connectivity index is 2.58. The molecule has 0 radical (unpaired) electrons. The molecule has 0 aliphatic carbocycles. The van der Waals surface area contributed by atoms with E-state index in [0.29, 0.717) is 0 Å². The number of hydrogen-bond acceptors (Lipinski definition) is 6.